The van der Waals surface area contributed by atoms with E-state index in [9.17, 15) is 13.2 Å². The molecule has 0 saturated carbocycles. The lowest BCUT2D eigenvalue weighted by molar-refractivity contribution is 0.442. The van der Waals surface area contributed by atoms with E-state index in [4.69, 9.17) is 0 Å². The Hall–Kier alpha value is -1.82. The van der Waals surface area contributed by atoms with Crippen molar-refractivity contribution in [2.75, 3.05) is 7.05 Å². The highest BCUT2D eigenvalue weighted by Crippen LogP contribution is 2.24. The van der Waals surface area contributed by atoms with Crippen molar-refractivity contribution < 1.29 is 13.2 Å². The highest BCUT2D eigenvalue weighted by atomic mass is 19.2. The number of nitrogens with zero attached hydrogens (tertiary/aromatic N) is 2. The van der Waals surface area contributed by atoms with Gasteiger partial charge in [0.25, 0.3) is 0 Å². The van der Waals surface area contributed by atoms with Gasteiger partial charge in [-0.15, -0.1) is 0 Å². The first-order chi connectivity index (χ1) is 9.08. The summed E-state index contributed by atoms with van der Waals surface area (Å²) >= 11 is 0. The Morgan fingerprint density at radius 2 is 1.89 bits per heavy atom. The number of aryl methyl sites for hydroxylation is 1. The highest BCUT2D eigenvalue weighted by molar-refractivity contribution is 5.29. The third-order valence-electron chi connectivity index (χ3n) is 2.97. The summed E-state index contributed by atoms with van der Waals surface area (Å²) in [6.07, 6.45) is 1.61. The molecule has 1 heterocycles. The molecular formula is C13H14F3N3. The fourth-order valence-corrected chi connectivity index (χ4v) is 2.08. The van der Waals surface area contributed by atoms with Gasteiger partial charge in [-0.3, -0.25) is 4.68 Å². The molecule has 0 radical (unpaired) electrons. The molecule has 2 rings (SSSR count). The zero-order valence-electron chi connectivity index (χ0n) is 10.6. The Kier molecular flexibility index (Phi) is 3.90. The Labute approximate surface area is 109 Å². The molecule has 0 aliphatic heterocycles. The SMILES string of the molecule is CCn1nccc1C(NC)c1cc(F)c(F)c(F)c1. The number of aromatic nitrogens is 2. The van der Waals surface area contributed by atoms with Crippen molar-refractivity contribution in [3.05, 3.63) is 53.1 Å². The molecule has 0 aliphatic carbocycles. The van der Waals surface area contributed by atoms with Gasteiger partial charge < -0.3 is 5.32 Å². The molecule has 6 heteroatoms. The summed E-state index contributed by atoms with van der Waals surface area (Å²) in [7, 11) is 1.66. The van der Waals surface area contributed by atoms with Gasteiger partial charge in [-0.25, -0.2) is 13.2 Å². The predicted molar refractivity (Wildman–Crippen MR) is 65.1 cm³/mol. The molecule has 0 saturated heterocycles. The second-order valence-corrected chi connectivity index (χ2v) is 4.09. The molecule has 0 bridgehead atoms. The number of benzene rings is 1. The zero-order valence-corrected chi connectivity index (χ0v) is 10.6. The summed E-state index contributed by atoms with van der Waals surface area (Å²) in [5.74, 6) is -3.85. The third-order valence-corrected chi connectivity index (χ3v) is 2.97. The molecule has 0 aliphatic rings. The molecule has 1 aromatic carbocycles. The molecule has 19 heavy (non-hydrogen) atoms. The van der Waals surface area contributed by atoms with E-state index in [0.29, 0.717) is 12.1 Å². The summed E-state index contributed by atoms with van der Waals surface area (Å²) in [5.41, 5.74) is 1.07. The third kappa shape index (κ3) is 2.49. The van der Waals surface area contributed by atoms with Crippen molar-refractivity contribution in [2.45, 2.75) is 19.5 Å². The lowest BCUT2D eigenvalue weighted by atomic mass is 10.0. The first-order valence-electron chi connectivity index (χ1n) is 5.91. The second kappa shape index (κ2) is 5.44. The monoisotopic (exact) mass is 269 g/mol. The van der Waals surface area contributed by atoms with Crippen LogP contribution in [0.5, 0.6) is 0 Å². The first kappa shape index (κ1) is 13.6. The maximum atomic E-state index is 13.3. The van der Waals surface area contributed by atoms with Gasteiger partial charge in [0.05, 0.1) is 11.7 Å². The summed E-state index contributed by atoms with van der Waals surface area (Å²) in [4.78, 5) is 0. The van der Waals surface area contributed by atoms with Crippen LogP contribution in [-0.2, 0) is 6.54 Å². The fourth-order valence-electron chi connectivity index (χ4n) is 2.08. The average Bonchev–Trinajstić information content (AvgIpc) is 2.85. The summed E-state index contributed by atoms with van der Waals surface area (Å²) in [6, 6.07) is 3.29. The van der Waals surface area contributed by atoms with E-state index in [0.717, 1.165) is 17.8 Å². The average molecular weight is 269 g/mol. The van der Waals surface area contributed by atoms with Crippen LogP contribution in [0.15, 0.2) is 24.4 Å². The van der Waals surface area contributed by atoms with Crippen molar-refractivity contribution in [1.82, 2.24) is 15.1 Å². The van der Waals surface area contributed by atoms with Crippen molar-refractivity contribution in [1.29, 1.82) is 0 Å². The fraction of sp³-hybridized carbons (Fsp3) is 0.308. The Morgan fingerprint density at radius 1 is 1.26 bits per heavy atom. The minimum atomic E-state index is -1.46. The van der Waals surface area contributed by atoms with Gasteiger partial charge in [-0.2, -0.15) is 5.10 Å². The topological polar surface area (TPSA) is 29.9 Å². The first-order valence-corrected chi connectivity index (χ1v) is 5.91. The zero-order chi connectivity index (χ0) is 14.0. The van der Waals surface area contributed by atoms with Gasteiger partial charge in [-0.1, -0.05) is 0 Å². The number of nitrogens with one attached hydrogen (secondary N) is 1. The summed E-state index contributed by atoms with van der Waals surface area (Å²) in [5, 5.41) is 7.06. The number of hydrogen-bond acceptors (Lipinski definition) is 2. The quantitative estimate of drug-likeness (QED) is 0.865. The maximum absolute atomic E-state index is 13.3. The van der Waals surface area contributed by atoms with Crippen molar-refractivity contribution in [3.63, 3.8) is 0 Å². The Bertz CT molecular complexity index is 557. The van der Waals surface area contributed by atoms with Crippen LogP contribution in [-0.4, -0.2) is 16.8 Å². The molecule has 1 aromatic heterocycles. The van der Waals surface area contributed by atoms with Gasteiger partial charge >= 0.3 is 0 Å². The van der Waals surface area contributed by atoms with Crippen LogP contribution in [0, 0.1) is 17.5 Å². The van der Waals surface area contributed by atoms with Gasteiger partial charge in [0.2, 0.25) is 0 Å². The van der Waals surface area contributed by atoms with Gasteiger partial charge in [0.1, 0.15) is 0 Å². The predicted octanol–water partition coefficient (Wildman–Crippen LogP) is 2.63. The molecular weight excluding hydrogens is 255 g/mol. The molecule has 1 unspecified atom stereocenters. The van der Waals surface area contributed by atoms with Crippen LogP contribution < -0.4 is 5.32 Å². The highest BCUT2D eigenvalue weighted by Gasteiger charge is 2.20. The number of rotatable bonds is 4. The van der Waals surface area contributed by atoms with Crippen LogP contribution in [0.25, 0.3) is 0 Å². The Balaban J connectivity index is 2.48. The molecule has 2 aromatic rings. The minimum Gasteiger partial charge on any atom is -0.308 e. The van der Waals surface area contributed by atoms with E-state index < -0.39 is 23.5 Å². The van der Waals surface area contributed by atoms with E-state index in [1.807, 2.05) is 6.92 Å². The van der Waals surface area contributed by atoms with Crippen LogP contribution in [0.4, 0.5) is 13.2 Å². The molecule has 0 amide bonds. The van der Waals surface area contributed by atoms with Gasteiger partial charge in [-0.05, 0) is 37.7 Å². The van der Waals surface area contributed by atoms with E-state index in [1.165, 1.54) is 0 Å². The second-order valence-electron chi connectivity index (χ2n) is 4.09. The smallest absolute Gasteiger partial charge is 0.194 e. The van der Waals surface area contributed by atoms with Crippen molar-refractivity contribution in [3.8, 4) is 0 Å². The lowest BCUT2D eigenvalue weighted by Crippen LogP contribution is -2.22. The molecule has 0 fully saturated rings. The summed E-state index contributed by atoms with van der Waals surface area (Å²) < 4.78 is 41.3. The Morgan fingerprint density at radius 3 is 2.42 bits per heavy atom. The van der Waals surface area contributed by atoms with Crippen molar-refractivity contribution >= 4 is 0 Å². The normalized spacial score (nSPS) is 12.7. The van der Waals surface area contributed by atoms with Crippen LogP contribution in [0.1, 0.15) is 24.2 Å². The lowest BCUT2D eigenvalue weighted by Gasteiger charge is -2.18. The van der Waals surface area contributed by atoms with E-state index in [-0.39, 0.29) is 0 Å². The van der Waals surface area contributed by atoms with Gasteiger partial charge in [0, 0.05) is 12.7 Å². The van der Waals surface area contributed by atoms with Gasteiger partial charge in [0.15, 0.2) is 17.5 Å². The summed E-state index contributed by atoms with van der Waals surface area (Å²) in [6.45, 7) is 2.54. The maximum Gasteiger partial charge on any atom is 0.194 e. The number of halogens is 3. The van der Waals surface area contributed by atoms with Crippen LogP contribution in [0.2, 0.25) is 0 Å². The standard InChI is InChI=1S/C13H14F3N3/c1-3-19-11(4-5-18-19)13(17-2)8-6-9(14)12(16)10(15)7-8/h4-7,13,17H,3H2,1-2H3. The van der Waals surface area contributed by atoms with E-state index in [2.05, 4.69) is 10.4 Å². The molecule has 102 valence electrons. The van der Waals surface area contributed by atoms with E-state index >= 15 is 0 Å². The van der Waals surface area contributed by atoms with Crippen LogP contribution >= 0.6 is 0 Å². The van der Waals surface area contributed by atoms with Crippen molar-refractivity contribution in [2.24, 2.45) is 0 Å². The number of hydrogen-bond donors (Lipinski definition) is 1. The largest absolute Gasteiger partial charge is 0.308 e. The molecule has 3 nitrogen and oxygen atoms in total. The molecule has 1 atom stereocenters. The molecule has 0 spiro atoms. The van der Waals surface area contributed by atoms with E-state index in [1.54, 1.807) is 24.0 Å². The minimum absolute atomic E-state index is 0.314. The molecule has 1 N–H and O–H groups in total. The van der Waals surface area contributed by atoms with Crippen LogP contribution in [0.3, 0.4) is 0 Å².